The van der Waals surface area contributed by atoms with Crippen LogP contribution in [0.15, 0.2) is 65.1 Å². The lowest BCUT2D eigenvalue weighted by Gasteiger charge is -2.15. The second kappa shape index (κ2) is 13.5. The molecule has 0 unspecified atom stereocenters. The van der Waals surface area contributed by atoms with Gasteiger partial charge in [-0.1, -0.05) is 12.1 Å². The Morgan fingerprint density at radius 1 is 0.956 bits per heavy atom. The lowest BCUT2D eigenvalue weighted by atomic mass is 9.96. The lowest BCUT2D eigenvalue weighted by Crippen LogP contribution is -2.08. The Labute approximate surface area is 255 Å². The van der Waals surface area contributed by atoms with Crippen LogP contribution in [0.25, 0.3) is 39.4 Å². The number of ether oxygens (including phenoxy) is 1. The Morgan fingerprint density at radius 3 is 2.16 bits per heavy atom. The van der Waals surface area contributed by atoms with Crippen LogP contribution in [0.4, 0.5) is 26.3 Å². The van der Waals surface area contributed by atoms with Crippen molar-refractivity contribution in [2.24, 2.45) is 0 Å². The molecule has 0 aliphatic carbocycles. The van der Waals surface area contributed by atoms with Crippen molar-refractivity contribution in [1.82, 2.24) is 14.8 Å². The van der Waals surface area contributed by atoms with Gasteiger partial charge in [-0.25, -0.2) is 14.1 Å². The van der Waals surface area contributed by atoms with E-state index in [2.05, 4.69) is 14.8 Å². The molecule has 0 amide bonds. The smallest absolute Gasteiger partial charge is 0.435 e. The minimum Gasteiger partial charge on any atom is -0.440 e. The highest BCUT2D eigenvalue weighted by Crippen LogP contribution is 2.40. The molecule has 5 rings (SSSR count). The van der Waals surface area contributed by atoms with Crippen LogP contribution in [0.1, 0.15) is 28.4 Å². The predicted octanol–water partition coefficient (Wildman–Crippen LogP) is 7.37. The summed E-state index contributed by atoms with van der Waals surface area (Å²) in [5.74, 6) is -0.293. The van der Waals surface area contributed by atoms with Crippen LogP contribution in [-0.2, 0) is 24.4 Å². The molecule has 0 radical (unpaired) electrons. The number of hydrogen-bond acceptors (Lipinski definition) is 7. The van der Waals surface area contributed by atoms with E-state index < -0.39 is 42.5 Å². The van der Waals surface area contributed by atoms with Gasteiger partial charge in [-0.15, -0.1) is 0 Å². The number of benzene rings is 3. The van der Waals surface area contributed by atoms with Crippen molar-refractivity contribution in [3.8, 4) is 45.1 Å². The van der Waals surface area contributed by atoms with E-state index in [1.807, 2.05) is 0 Å². The number of nitrogens with zero attached hydrogens (tertiary/aromatic N) is 3. The first-order chi connectivity index (χ1) is 21.3. The van der Waals surface area contributed by atoms with E-state index in [0.29, 0.717) is 27.8 Å². The Morgan fingerprint density at radius 2 is 1.60 bits per heavy atom. The number of aryl methyl sites for hydroxylation is 3. The maximum atomic E-state index is 14.8. The van der Waals surface area contributed by atoms with Gasteiger partial charge in [0.25, 0.3) is 0 Å². The molecule has 0 aliphatic rings. The number of aliphatic hydroxyl groups excluding tert-OH is 1. The molecule has 15 heteroatoms. The first-order valence-corrected chi connectivity index (χ1v) is 13.6. The summed E-state index contributed by atoms with van der Waals surface area (Å²) >= 11 is -0.750. The highest BCUT2D eigenvalue weighted by atomic mass is 32.1. The number of oxazole rings is 1. The van der Waals surface area contributed by atoms with Crippen molar-refractivity contribution in [2.45, 2.75) is 40.2 Å². The minimum atomic E-state index is -4.68. The fraction of sp³-hybridized carbons (Fsp3) is 0.200. The summed E-state index contributed by atoms with van der Waals surface area (Å²) in [6, 6.07) is 14.3. The largest absolute Gasteiger partial charge is 0.440 e. The van der Waals surface area contributed by atoms with Crippen LogP contribution in [0.5, 0.6) is 5.75 Å². The fourth-order valence-electron chi connectivity index (χ4n) is 4.68. The summed E-state index contributed by atoms with van der Waals surface area (Å²) in [5.41, 5.74) is 1.98. The molecule has 0 bridgehead atoms. The molecule has 0 fully saturated rings. The van der Waals surface area contributed by atoms with E-state index in [0.717, 1.165) is 10.7 Å². The number of aromatic nitrogens is 3. The minimum absolute atomic E-state index is 0.0752. The van der Waals surface area contributed by atoms with Gasteiger partial charge in [-0.2, -0.15) is 35.5 Å². The number of rotatable bonds is 7. The molecule has 236 valence electrons. The van der Waals surface area contributed by atoms with Gasteiger partial charge in [-0.3, -0.25) is 0 Å². The SMILES string of the molecule is Cc1nc(-c2ccc(OC(F)F)cc2)c(-c2cc(-c3cc(C)c(CO)c(F)c3)ccc2-n2nc(C(F)(F)F)cc2C)o1.O=S=O. The normalized spacial score (nSPS) is 11.4. The Bertz CT molecular complexity index is 1840. The third kappa shape index (κ3) is 7.32. The van der Waals surface area contributed by atoms with Crippen LogP contribution in [0.2, 0.25) is 0 Å². The molecular weight excluding hydrogens is 628 g/mol. The molecule has 1 N–H and O–H groups in total. The van der Waals surface area contributed by atoms with Crippen LogP contribution in [0.3, 0.4) is 0 Å². The summed E-state index contributed by atoms with van der Waals surface area (Å²) in [7, 11) is 0. The monoisotopic (exact) mass is 651 g/mol. The molecule has 0 atom stereocenters. The third-order valence-corrected chi connectivity index (χ3v) is 6.64. The van der Waals surface area contributed by atoms with Crippen molar-refractivity contribution in [3.63, 3.8) is 0 Å². The number of hydrogen-bond donors (Lipinski definition) is 1. The van der Waals surface area contributed by atoms with E-state index in [1.54, 1.807) is 38.1 Å². The standard InChI is InChI=1S/C30H23F6N3O3.O2S/c1-15-10-20(13-24(31)23(15)14-40)19-6-9-25(39-16(2)11-26(38-39)30(34,35)36)22(12-19)28-27(37-17(3)41-28)18-4-7-21(8-5-18)42-29(32)33;1-3-2/h4-13,29,40H,14H2,1-3H3;. The van der Waals surface area contributed by atoms with E-state index >= 15 is 0 Å². The Kier molecular flexibility index (Phi) is 9.93. The van der Waals surface area contributed by atoms with Gasteiger partial charge in [0.05, 0.1) is 12.3 Å². The summed E-state index contributed by atoms with van der Waals surface area (Å²) in [4.78, 5) is 4.45. The number of alkyl halides is 5. The van der Waals surface area contributed by atoms with Crippen molar-refractivity contribution in [2.75, 3.05) is 0 Å². The summed E-state index contributed by atoms with van der Waals surface area (Å²) in [6.07, 6.45) is -4.68. The zero-order valence-corrected chi connectivity index (χ0v) is 24.5. The van der Waals surface area contributed by atoms with Gasteiger partial charge in [0.2, 0.25) is 0 Å². The van der Waals surface area contributed by atoms with E-state index in [4.69, 9.17) is 12.8 Å². The summed E-state index contributed by atoms with van der Waals surface area (Å²) in [6.45, 7) is 1.21. The second-order valence-electron chi connectivity index (χ2n) is 9.61. The Hall–Kier alpha value is -4.76. The maximum absolute atomic E-state index is 14.8. The van der Waals surface area contributed by atoms with Gasteiger partial charge in [0, 0.05) is 29.3 Å². The van der Waals surface area contributed by atoms with E-state index in [1.165, 1.54) is 37.3 Å². The molecule has 3 aromatic carbocycles. The quantitative estimate of drug-likeness (QED) is 0.183. The van der Waals surface area contributed by atoms with Gasteiger partial charge < -0.3 is 14.3 Å². The van der Waals surface area contributed by atoms with Crippen LogP contribution >= 0.6 is 0 Å². The summed E-state index contributed by atoms with van der Waals surface area (Å²) in [5, 5.41) is 13.3. The zero-order chi connectivity index (χ0) is 33.1. The van der Waals surface area contributed by atoms with Crippen molar-refractivity contribution in [1.29, 1.82) is 0 Å². The molecule has 5 aromatic rings. The first-order valence-electron chi connectivity index (χ1n) is 12.9. The van der Waals surface area contributed by atoms with Crippen LogP contribution < -0.4 is 4.74 Å². The van der Waals surface area contributed by atoms with Crippen LogP contribution in [-0.4, -0.2) is 34.9 Å². The van der Waals surface area contributed by atoms with E-state index in [9.17, 15) is 31.4 Å². The number of halogens is 6. The fourth-order valence-corrected chi connectivity index (χ4v) is 4.68. The average molecular weight is 652 g/mol. The van der Waals surface area contributed by atoms with Crippen molar-refractivity contribution < 1.29 is 49.0 Å². The predicted molar refractivity (Wildman–Crippen MR) is 151 cm³/mol. The molecular formula is C30H23F6N3O5S. The zero-order valence-electron chi connectivity index (χ0n) is 23.7. The van der Waals surface area contributed by atoms with E-state index in [-0.39, 0.29) is 40.0 Å². The molecule has 0 saturated heterocycles. The molecule has 0 saturated carbocycles. The van der Waals surface area contributed by atoms with Crippen LogP contribution in [0, 0.1) is 26.6 Å². The van der Waals surface area contributed by atoms with Gasteiger partial charge in [0.1, 0.15) is 17.3 Å². The molecule has 2 aromatic heterocycles. The van der Waals surface area contributed by atoms with Crippen molar-refractivity contribution >= 4 is 11.6 Å². The third-order valence-electron chi connectivity index (χ3n) is 6.64. The second-order valence-corrected chi connectivity index (χ2v) is 9.74. The maximum Gasteiger partial charge on any atom is 0.435 e. The van der Waals surface area contributed by atoms with Gasteiger partial charge >= 0.3 is 24.4 Å². The topological polar surface area (TPSA) is 107 Å². The molecule has 2 heterocycles. The molecule has 0 aliphatic heterocycles. The highest BCUT2D eigenvalue weighted by Gasteiger charge is 2.35. The van der Waals surface area contributed by atoms with Crippen molar-refractivity contribution in [3.05, 3.63) is 94.9 Å². The lowest BCUT2D eigenvalue weighted by molar-refractivity contribution is -0.141. The molecule has 45 heavy (non-hydrogen) atoms. The molecule has 8 nitrogen and oxygen atoms in total. The van der Waals surface area contributed by atoms with Gasteiger partial charge in [0.15, 0.2) is 17.3 Å². The summed E-state index contributed by atoms with van der Waals surface area (Å²) < 4.78 is 109. The Balaban J connectivity index is 0.00000148. The molecule has 0 spiro atoms. The first kappa shape index (κ1) is 33.1. The average Bonchev–Trinajstić information content (AvgIpc) is 3.55. The number of aliphatic hydroxyl groups is 1. The highest BCUT2D eigenvalue weighted by molar-refractivity contribution is 7.51. The van der Waals surface area contributed by atoms with Gasteiger partial charge in [-0.05, 0) is 79.1 Å².